The number of carbonyl (C=O) groups excluding carboxylic acids is 1. The third-order valence-electron chi connectivity index (χ3n) is 20.0. The minimum Gasteiger partial charge on any atom is -0.455 e. The van der Waals surface area contributed by atoms with E-state index in [1.54, 1.807) is 0 Å². The molecule has 9 N–H and O–H groups in total. The van der Waals surface area contributed by atoms with Crippen molar-refractivity contribution in [2.45, 2.75) is 230 Å². The van der Waals surface area contributed by atoms with Gasteiger partial charge in [0, 0.05) is 6.61 Å². The second kappa shape index (κ2) is 17.1. The SMILES string of the molecule is CCO[C@H]1C[C@@H]2[C@@]3(C)CC[C@H](O[C@H]4OC[C@H](O)[C@H](O[C@@H]5O[C@H](CO)[C@@H](O)[C@H](O)[C@H]5O)[C@H]4O[C@@H]4O[C@@H](C)[C@H](O)[C@@H](O)[C@H]4O)C(C)(C)[C@@H]3CC[C@@]2(C)[C@]2(C)CCC34CC[C@](C)(OC3=O)[C@@](C)(O)C4=C12. The van der Waals surface area contributed by atoms with E-state index >= 15 is 0 Å². The molecule has 10 aliphatic rings. The Morgan fingerprint density at radius 3 is 2.00 bits per heavy atom. The molecule has 2 bridgehead atoms. The van der Waals surface area contributed by atoms with Crippen LogP contribution in [-0.2, 0) is 42.7 Å². The van der Waals surface area contributed by atoms with Gasteiger partial charge in [-0.3, -0.25) is 4.79 Å². The Morgan fingerprint density at radius 1 is 0.701 bits per heavy atom. The van der Waals surface area contributed by atoms with Gasteiger partial charge in [-0.15, -0.1) is 0 Å². The zero-order chi connectivity index (χ0) is 48.8. The Labute approximate surface area is 393 Å². The molecule has 5 aliphatic heterocycles. The van der Waals surface area contributed by atoms with Crippen LogP contribution in [-0.4, -0.2) is 181 Å². The third kappa shape index (κ3) is 7.19. The lowest BCUT2D eigenvalue weighted by molar-refractivity contribution is -0.388. The number of hydrogen-bond donors (Lipinski definition) is 9. The number of hydrogen-bond acceptors (Lipinski definition) is 18. The number of carbonyl (C=O) groups is 1. The van der Waals surface area contributed by atoms with E-state index in [9.17, 15) is 50.8 Å². The van der Waals surface area contributed by atoms with Gasteiger partial charge in [-0.05, 0) is 130 Å². The summed E-state index contributed by atoms with van der Waals surface area (Å²) in [5.41, 5.74) is -2.61. The lowest BCUT2D eigenvalue weighted by atomic mass is 9.33. The molecule has 5 heterocycles. The van der Waals surface area contributed by atoms with Gasteiger partial charge in [0.2, 0.25) is 0 Å². The van der Waals surface area contributed by atoms with Crippen molar-refractivity contribution in [3.63, 3.8) is 0 Å². The van der Waals surface area contributed by atoms with Crippen LogP contribution >= 0.6 is 0 Å². The second-order valence-electron chi connectivity index (χ2n) is 23.5. The van der Waals surface area contributed by atoms with Gasteiger partial charge in [0.1, 0.15) is 72.2 Å². The van der Waals surface area contributed by atoms with E-state index in [0.717, 1.165) is 43.3 Å². The summed E-state index contributed by atoms with van der Waals surface area (Å²) in [6, 6.07) is 0. The Kier molecular flexibility index (Phi) is 12.9. The van der Waals surface area contributed by atoms with Gasteiger partial charge in [0.15, 0.2) is 18.9 Å². The van der Waals surface area contributed by atoms with Crippen LogP contribution in [0.3, 0.4) is 0 Å². The molecule has 0 aromatic carbocycles. The zero-order valence-corrected chi connectivity index (χ0v) is 40.6. The molecule has 18 heteroatoms. The lowest BCUT2D eigenvalue weighted by Crippen LogP contribution is -2.72. The third-order valence-corrected chi connectivity index (χ3v) is 20.0. The van der Waals surface area contributed by atoms with E-state index in [-0.39, 0.29) is 46.8 Å². The summed E-state index contributed by atoms with van der Waals surface area (Å²) in [5.74, 6) is 0.0967. The van der Waals surface area contributed by atoms with Crippen LogP contribution in [0.4, 0.5) is 0 Å². The Balaban J connectivity index is 1.02. The van der Waals surface area contributed by atoms with Crippen LogP contribution in [0.5, 0.6) is 0 Å². The zero-order valence-electron chi connectivity index (χ0n) is 40.6. The van der Waals surface area contributed by atoms with Gasteiger partial charge in [0.05, 0.1) is 36.9 Å². The molecule has 0 aromatic heterocycles. The van der Waals surface area contributed by atoms with Crippen molar-refractivity contribution in [3.8, 4) is 0 Å². The molecule has 382 valence electrons. The highest BCUT2D eigenvalue weighted by Crippen LogP contribution is 2.77. The van der Waals surface area contributed by atoms with Crippen molar-refractivity contribution < 1.29 is 88.6 Å². The predicted octanol–water partition coefficient (Wildman–Crippen LogP) is 1.10. The quantitative estimate of drug-likeness (QED) is 0.0890. The van der Waals surface area contributed by atoms with E-state index in [2.05, 4.69) is 34.6 Å². The summed E-state index contributed by atoms with van der Waals surface area (Å²) < 4.78 is 50.2. The summed E-state index contributed by atoms with van der Waals surface area (Å²) in [7, 11) is 0. The smallest absolute Gasteiger partial charge is 0.317 e. The van der Waals surface area contributed by atoms with Crippen molar-refractivity contribution in [2.24, 2.45) is 38.9 Å². The maximum Gasteiger partial charge on any atom is 0.317 e. The number of fused-ring (bicyclic) bond motifs is 7. The summed E-state index contributed by atoms with van der Waals surface area (Å²) in [6.45, 7) is 18.3. The molecule has 5 saturated heterocycles. The van der Waals surface area contributed by atoms with Crippen molar-refractivity contribution >= 4 is 5.97 Å². The van der Waals surface area contributed by atoms with Gasteiger partial charge in [-0.1, -0.05) is 34.6 Å². The van der Waals surface area contributed by atoms with Crippen molar-refractivity contribution in [1.82, 2.24) is 0 Å². The van der Waals surface area contributed by atoms with Gasteiger partial charge in [0.25, 0.3) is 0 Å². The minimum absolute atomic E-state index is 0.130. The fourth-order valence-corrected chi connectivity index (χ4v) is 15.7. The summed E-state index contributed by atoms with van der Waals surface area (Å²) in [5, 5.41) is 98.3. The van der Waals surface area contributed by atoms with E-state index in [1.807, 2.05) is 20.8 Å². The minimum atomic E-state index is -1.81. The van der Waals surface area contributed by atoms with Crippen LogP contribution in [0, 0.1) is 38.9 Å². The molecule has 5 aliphatic carbocycles. The normalized spacial score (nSPS) is 56.1. The lowest BCUT2D eigenvalue weighted by Gasteiger charge is -2.73. The fraction of sp³-hybridized carbons (Fsp3) is 0.939. The summed E-state index contributed by atoms with van der Waals surface area (Å²) >= 11 is 0. The number of rotatable bonds is 9. The molecule has 10 rings (SSSR count). The molecule has 1 unspecified atom stereocenters. The average Bonchev–Trinajstić information content (AvgIpc) is 3.26. The number of aliphatic hydroxyl groups is 9. The van der Waals surface area contributed by atoms with Gasteiger partial charge in [-0.2, -0.15) is 0 Å². The molecule has 67 heavy (non-hydrogen) atoms. The highest BCUT2D eigenvalue weighted by Gasteiger charge is 2.75. The second-order valence-corrected chi connectivity index (χ2v) is 23.5. The maximum absolute atomic E-state index is 14.0. The highest BCUT2D eigenvalue weighted by atomic mass is 16.8. The van der Waals surface area contributed by atoms with Crippen LogP contribution in [0.2, 0.25) is 0 Å². The van der Waals surface area contributed by atoms with E-state index in [4.69, 9.17) is 37.9 Å². The molecule has 18 nitrogen and oxygen atoms in total. The molecule has 4 saturated carbocycles. The molecule has 9 fully saturated rings. The molecule has 0 radical (unpaired) electrons. The number of ether oxygens (including phenoxy) is 8. The van der Waals surface area contributed by atoms with Gasteiger partial charge in [-0.25, -0.2) is 0 Å². The van der Waals surface area contributed by atoms with Gasteiger partial charge >= 0.3 is 5.97 Å². The molecule has 0 aromatic rings. The summed E-state index contributed by atoms with van der Waals surface area (Å²) in [6.07, 6.45) is -15.5. The average molecular weight is 955 g/mol. The number of esters is 1. The van der Waals surface area contributed by atoms with Crippen LogP contribution in [0.25, 0.3) is 0 Å². The Morgan fingerprint density at radius 2 is 1.34 bits per heavy atom. The van der Waals surface area contributed by atoms with Crippen LogP contribution in [0.1, 0.15) is 120 Å². The molecule has 24 atom stereocenters. The van der Waals surface area contributed by atoms with Crippen molar-refractivity contribution in [3.05, 3.63) is 11.1 Å². The summed E-state index contributed by atoms with van der Waals surface area (Å²) in [4.78, 5) is 14.0. The van der Waals surface area contributed by atoms with Crippen molar-refractivity contribution in [2.75, 3.05) is 19.8 Å². The first-order valence-corrected chi connectivity index (χ1v) is 24.9. The standard InChI is InChI=1S/C49H78O18/c1-10-60-24-19-27-44(5)13-12-28(43(3,4)26(44)11-14-45(27,6)46(7)15-17-49-18-16-47(8,67-42(49)58)48(9,59)38(49)29(24)46)64-41-37(66-39-34(56)32(54)30(52)22(2)62-39)36(23(51)21-61-41)65-40-35(57)33(55)31(53)25(20-50)63-40/h22-28,30-37,39-41,50-57,59H,10-21H2,1-9H3/t22-,23-,24-,25+,26-,27+,28-,30-,31+,32+,33-,34+,35+,36-,37+,39-,40-,41+,44-,45+,46+,47-,48-,49?/m0/s1. The van der Waals surface area contributed by atoms with Crippen LogP contribution in [0.15, 0.2) is 11.1 Å². The number of aliphatic hydroxyl groups excluding tert-OH is 8. The Bertz CT molecular complexity index is 1910. The van der Waals surface area contributed by atoms with Gasteiger partial charge < -0.3 is 83.9 Å². The van der Waals surface area contributed by atoms with Crippen molar-refractivity contribution in [1.29, 1.82) is 0 Å². The maximum atomic E-state index is 14.0. The topological polar surface area (TPSA) is 273 Å². The van der Waals surface area contributed by atoms with Crippen LogP contribution < -0.4 is 0 Å². The van der Waals surface area contributed by atoms with E-state index in [0.29, 0.717) is 32.3 Å². The largest absolute Gasteiger partial charge is 0.455 e. The first-order valence-electron chi connectivity index (χ1n) is 24.9. The Hall–Kier alpha value is -1.43. The molecular formula is C49H78O18. The van der Waals surface area contributed by atoms with E-state index in [1.165, 1.54) is 6.92 Å². The van der Waals surface area contributed by atoms with E-state index < -0.39 is 121 Å². The fourth-order valence-electron chi connectivity index (χ4n) is 15.7. The molecule has 1 spiro atoms. The predicted molar refractivity (Wildman–Crippen MR) is 233 cm³/mol. The highest BCUT2D eigenvalue weighted by molar-refractivity contribution is 5.86. The first-order chi connectivity index (χ1) is 31.3. The molecule has 0 amide bonds. The monoisotopic (exact) mass is 955 g/mol. The first kappa shape index (κ1) is 50.5. The molecular weight excluding hydrogens is 877 g/mol.